The van der Waals surface area contributed by atoms with Crippen LogP contribution in [0.3, 0.4) is 0 Å². The number of hydrogen-bond donors (Lipinski definition) is 2. The van der Waals surface area contributed by atoms with Crippen LogP contribution in [0.4, 0.5) is 17.1 Å². The van der Waals surface area contributed by atoms with Crippen molar-refractivity contribution in [3.8, 4) is 0 Å². The van der Waals surface area contributed by atoms with Gasteiger partial charge in [0.25, 0.3) is 5.91 Å². The summed E-state index contributed by atoms with van der Waals surface area (Å²) in [5.41, 5.74) is 5.88. The standard InChI is InChI=1S/C22H18N4O/c27-22(19-6-3-5-16-14-23-25-21(16)19)24-17-8-10-18(11-9-17)26-13-12-15-4-1-2-7-20(15)26/h1-11,14H,12-13H2,(H,23,25)(H,24,27). The number of nitrogens with zero attached hydrogens (tertiary/aromatic N) is 2. The van der Waals surface area contributed by atoms with Crippen molar-refractivity contribution < 1.29 is 4.79 Å². The number of hydrogen-bond acceptors (Lipinski definition) is 3. The molecule has 0 fully saturated rings. The number of nitrogens with one attached hydrogen (secondary N) is 2. The highest BCUT2D eigenvalue weighted by Crippen LogP contribution is 2.34. The van der Waals surface area contributed by atoms with Crippen molar-refractivity contribution in [2.24, 2.45) is 0 Å². The van der Waals surface area contributed by atoms with E-state index >= 15 is 0 Å². The molecule has 0 unspecified atom stereocenters. The maximum atomic E-state index is 12.7. The van der Waals surface area contributed by atoms with Crippen molar-refractivity contribution in [2.45, 2.75) is 6.42 Å². The third-order valence-electron chi connectivity index (χ3n) is 5.05. The molecule has 2 N–H and O–H groups in total. The molecule has 3 aromatic carbocycles. The van der Waals surface area contributed by atoms with Crippen LogP contribution in [0.2, 0.25) is 0 Å². The Labute approximate surface area is 156 Å². The first-order valence-electron chi connectivity index (χ1n) is 8.98. The number of amides is 1. The summed E-state index contributed by atoms with van der Waals surface area (Å²) in [5.74, 6) is -0.149. The van der Waals surface area contributed by atoms with E-state index in [0.717, 1.165) is 35.2 Å². The van der Waals surface area contributed by atoms with Gasteiger partial charge in [-0.2, -0.15) is 5.10 Å². The number of aromatic amines is 1. The molecule has 27 heavy (non-hydrogen) atoms. The maximum absolute atomic E-state index is 12.7. The summed E-state index contributed by atoms with van der Waals surface area (Å²) in [4.78, 5) is 15.0. The number of carbonyl (C=O) groups excluding carboxylic acids is 1. The van der Waals surface area contributed by atoms with E-state index in [9.17, 15) is 4.79 Å². The quantitative estimate of drug-likeness (QED) is 0.569. The molecule has 0 bridgehead atoms. The minimum atomic E-state index is -0.149. The predicted molar refractivity (Wildman–Crippen MR) is 108 cm³/mol. The third-order valence-corrected chi connectivity index (χ3v) is 5.05. The lowest BCUT2D eigenvalue weighted by Gasteiger charge is -2.20. The third kappa shape index (κ3) is 2.73. The van der Waals surface area contributed by atoms with Gasteiger partial charge in [-0.25, -0.2) is 0 Å². The Bertz CT molecular complexity index is 1130. The first-order valence-corrected chi connectivity index (χ1v) is 8.98. The van der Waals surface area contributed by atoms with E-state index in [2.05, 4.69) is 56.8 Å². The van der Waals surface area contributed by atoms with E-state index in [0.29, 0.717) is 5.56 Å². The summed E-state index contributed by atoms with van der Waals surface area (Å²) < 4.78 is 0. The minimum Gasteiger partial charge on any atom is -0.341 e. The molecule has 1 aromatic heterocycles. The summed E-state index contributed by atoms with van der Waals surface area (Å²) in [6.07, 6.45) is 2.78. The van der Waals surface area contributed by atoms with Gasteiger partial charge < -0.3 is 10.2 Å². The molecule has 4 aromatic rings. The maximum Gasteiger partial charge on any atom is 0.257 e. The van der Waals surface area contributed by atoms with Crippen molar-refractivity contribution in [3.63, 3.8) is 0 Å². The average molecular weight is 354 g/mol. The van der Waals surface area contributed by atoms with Gasteiger partial charge in [0, 0.05) is 29.0 Å². The van der Waals surface area contributed by atoms with E-state index in [1.54, 1.807) is 12.3 Å². The lowest BCUT2D eigenvalue weighted by atomic mass is 10.1. The first-order chi connectivity index (χ1) is 13.3. The normalized spacial score (nSPS) is 13.0. The molecular weight excluding hydrogens is 336 g/mol. The second kappa shape index (κ2) is 6.29. The Morgan fingerprint density at radius 3 is 2.74 bits per heavy atom. The van der Waals surface area contributed by atoms with Crippen LogP contribution in [-0.2, 0) is 6.42 Å². The number of benzene rings is 3. The highest BCUT2D eigenvalue weighted by atomic mass is 16.1. The van der Waals surface area contributed by atoms with Crippen LogP contribution >= 0.6 is 0 Å². The lowest BCUT2D eigenvalue weighted by molar-refractivity contribution is 0.102. The fraction of sp³-hybridized carbons (Fsp3) is 0.0909. The zero-order valence-electron chi connectivity index (χ0n) is 14.6. The van der Waals surface area contributed by atoms with Crippen molar-refractivity contribution in [2.75, 3.05) is 16.8 Å². The molecule has 132 valence electrons. The van der Waals surface area contributed by atoms with Crippen molar-refractivity contribution in [1.82, 2.24) is 10.2 Å². The van der Waals surface area contributed by atoms with E-state index < -0.39 is 0 Å². The summed E-state index contributed by atoms with van der Waals surface area (Å²) in [6, 6.07) is 22.1. The van der Waals surface area contributed by atoms with Gasteiger partial charge in [0.05, 0.1) is 17.3 Å². The van der Waals surface area contributed by atoms with Crippen LogP contribution in [0, 0.1) is 0 Å². The van der Waals surface area contributed by atoms with Crippen molar-refractivity contribution in [1.29, 1.82) is 0 Å². The Morgan fingerprint density at radius 2 is 1.85 bits per heavy atom. The molecule has 0 saturated carbocycles. The number of fused-ring (bicyclic) bond motifs is 2. The zero-order valence-corrected chi connectivity index (χ0v) is 14.6. The summed E-state index contributed by atoms with van der Waals surface area (Å²) in [5, 5.41) is 10.8. The van der Waals surface area contributed by atoms with Crippen LogP contribution in [0.5, 0.6) is 0 Å². The second-order valence-electron chi connectivity index (χ2n) is 6.67. The topological polar surface area (TPSA) is 61.0 Å². The fourth-order valence-corrected chi connectivity index (χ4v) is 3.69. The molecule has 1 aliphatic rings. The van der Waals surface area contributed by atoms with Crippen LogP contribution in [0.15, 0.2) is 72.9 Å². The lowest BCUT2D eigenvalue weighted by Crippen LogP contribution is -2.14. The molecule has 0 aliphatic carbocycles. The molecule has 5 rings (SSSR count). The van der Waals surface area contributed by atoms with Gasteiger partial charge in [0.15, 0.2) is 0 Å². The number of H-pyrrole nitrogens is 1. The molecular formula is C22H18N4O. The van der Waals surface area contributed by atoms with Gasteiger partial charge in [0.1, 0.15) is 0 Å². The summed E-state index contributed by atoms with van der Waals surface area (Å²) in [6.45, 7) is 0.979. The van der Waals surface area contributed by atoms with Crippen molar-refractivity contribution in [3.05, 3.63) is 84.1 Å². The minimum absolute atomic E-state index is 0.149. The number of rotatable bonds is 3. The Morgan fingerprint density at radius 1 is 1.00 bits per heavy atom. The van der Waals surface area contributed by atoms with Crippen molar-refractivity contribution >= 4 is 33.9 Å². The van der Waals surface area contributed by atoms with Gasteiger partial charge in [-0.1, -0.05) is 30.3 Å². The fourth-order valence-electron chi connectivity index (χ4n) is 3.69. The van der Waals surface area contributed by atoms with E-state index in [-0.39, 0.29) is 5.91 Å². The van der Waals surface area contributed by atoms with E-state index in [1.165, 1.54) is 11.3 Å². The first kappa shape index (κ1) is 15.6. The number of aromatic nitrogens is 2. The second-order valence-corrected chi connectivity index (χ2v) is 6.67. The number of para-hydroxylation sites is 2. The van der Waals surface area contributed by atoms with Crippen LogP contribution in [0.25, 0.3) is 10.9 Å². The molecule has 0 spiro atoms. The molecule has 1 aliphatic heterocycles. The Balaban J connectivity index is 1.37. The highest BCUT2D eigenvalue weighted by Gasteiger charge is 2.19. The smallest absolute Gasteiger partial charge is 0.257 e. The number of carbonyl (C=O) groups is 1. The van der Waals surface area contributed by atoms with Crippen LogP contribution in [-0.4, -0.2) is 22.6 Å². The van der Waals surface area contributed by atoms with Gasteiger partial charge >= 0.3 is 0 Å². The van der Waals surface area contributed by atoms with E-state index in [1.807, 2.05) is 24.3 Å². The predicted octanol–water partition coefficient (Wildman–Crippen LogP) is 4.51. The molecule has 0 atom stereocenters. The SMILES string of the molecule is O=C(Nc1ccc(N2CCc3ccccc32)cc1)c1cccc2cn[nH]c12. The van der Waals surface area contributed by atoms with Gasteiger partial charge in [-0.3, -0.25) is 9.89 Å². The van der Waals surface area contributed by atoms with Gasteiger partial charge in [0.2, 0.25) is 0 Å². The molecule has 5 nitrogen and oxygen atoms in total. The molecule has 0 radical (unpaired) electrons. The van der Waals surface area contributed by atoms with Crippen LogP contribution < -0.4 is 10.2 Å². The Kier molecular flexibility index (Phi) is 3.64. The monoisotopic (exact) mass is 354 g/mol. The van der Waals surface area contributed by atoms with Gasteiger partial charge in [-0.05, 0) is 48.4 Å². The molecule has 5 heteroatoms. The molecule has 0 saturated heterocycles. The molecule has 2 heterocycles. The highest BCUT2D eigenvalue weighted by molar-refractivity contribution is 6.11. The van der Waals surface area contributed by atoms with Gasteiger partial charge in [-0.15, -0.1) is 0 Å². The average Bonchev–Trinajstić information content (AvgIpc) is 3.35. The van der Waals surface area contributed by atoms with Crippen LogP contribution in [0.1, 0.15) is 15.9 Å². The largest absolute Gasteiger partial charge is 0.341 e. The van der Waals surface area contributed by atoms with E-state index in [4.69, 9.17) is 0 Å². The zero-order chi connectivity index (χ0) is 18.2. The summed E-state index contributed by atoms with van der Waals surface area (Å²) >= 11 is 0. The molecule has 1 amide bonds. The Hall–Kier alpha value is -3.60. The summed E-state index contributed by atoms with van der Waals surface area (Å²) in [7, 11) is 0. The number of anilines is 3.